The van der Waals surface area contributed by atoms with Gasteiger partial charge < -0.3 is 29.5 Å². The van der Waals surface area contributed by atoms with Crippen LogP contribution in [0, 0.1) is 52.3 Å². The number of hydrogen-bond donors (Lipinski definition) is 3. The molecule has 1 heterocycles. The smallest absolute Gasteiger partial charge is 0.305 e. The molecule has 0 radical (unpaired) electrons. The van der Waals surface area contributed by atoms with Crippen molar-refractivity contribution in [3.63, 3.8) is 0 Å². The lowest BCUT2D eigenvalue weighted by Gasteiger charge is -2.58. The average molecular weight is 787 g/mol. The van der Waals surface area contributed by atoms with Crippen LogP contribution in [0.1, 0.15) is 196 Å². The highest BCUT2D eigenvalue weighted by molar-refractivity contribution is 5.69. The maximum absolute atomic E-state index is 12.6. The number of carbonyl (C=O) groups is 1. The Labute approximate surface area is 342 Å². The molecule has 7 heteroatoms. The van der Waals surface area contributed by atoms with Gasteiger partial charge in [0, 0.05) is 6.42 Å². The quantitative estimate of drug-likeness (QED) is 0.0570. The predicted octanol–water partition coefficient (Wildman–Crippen LogP) is 11.1. The van der Waals surface area contributed by atoms with Crippen LogP contribution in [0.5, 0.6) is 0 Å². The van der Waals surface area contributed by atoms with Crippen LogP contribution in [0.15, 0.2) is 11.6 Å². The van der Waals surface area contributed by atoms with Crippen LogP contribution < -0.4 is 0 Å². The summed E-state index contributed by atoms with van der Waals surface area (Å²) in [5.74, 6) is 5.24. The summed E-state index contributed by atoms with van der Waals surface area (Å²) in [6, 6.07) is 0. The van der Waals surface area contributed by atoms with Crippen molar-refractivity contribution >= 4 is 5.97 Å². The Kier molecular flexibility index (Phi) is 17.7. The third kappa shape index (κ3) is 11.0. The second kappa shape index (κ2) is 21.5. The van der Waals surface area contributed by atoms with E-state index in [2.05, 4.69) is 54.5 Å². The molecule has 7 nitrogen and oxygen atoms in total. The van der Waals surface area contributed by atoms with E-state index in [0.717, 1.165) is 80.5 Å². The van der Waals surface area contributed by atoms with Crippen LogP contribution in [0.25, 0.3) is 0 Å². The summed E-state index contributed by atoms with van der Waals surface area (Å²) in [5.41, 5.74) is 2.13. The number of esters is 1. The van der Waals surface area contributed by atoms with Crippen molar-refractivity contribution in [3.8, 4) is 0 Å². The molecular formula is C49H86O7. The predicted molar refractivity (Wildman–Crippen MR) is 226 cm³/mol. The van der Waals surface area contributed by atoms with E-state index < -0.39 is 30.7 Å². The molecule has 5 rings (SSSR count). The van der Waals surface area contributed by atoms with Crippen molar-refractivity contribution < 1.29 is 34.3 Å². The SMILES string of the molecule is CCCCCCCCCCCCCC(=O)OCC1OC(O[C@H]2CC[C@@]3(C)C(=CCC4C3CC[C@@]3(C)C4CC[C@@H]3[C@H](C)CC[C@@H](CC)C(C)C)C2)C(O)C(O)C1O. The van der Waals surface area contributed by atoms with E-state index in [1.807, 2.05) is 0 Å². The number of aliphatic hydroxyl groups excluding tert-OH is 3. The first-order chi connectivity index (χ1) is 26.8. The van der Waals surface area contributed by atoms with Gasteiger partial charge in [0.2, 0.25) is 0 Å². The lowest BCUT2D eigenvalue weighted by molar-refractivity contribution is -0.313. The molecule has 56 heavy (non-hydrogen) atoms. The van der Waals surface area contributed by atoms with Crippen LogP contribution >= 0.6 is 0 Å². The molecule has 0 aromatic carbocycles. The largest absolute Gasteiger partial charge is 0.463 e. The van der Waals surface area contributed by atoms with Gasteiger partial charge in [-0.2, -0.15) is 0 Å². The van der Waals surface area contributed by atoms with E-state index in [4.69, 9.17) is 14.2 Å². The second-order valence-corrected chi connectivity index (χ2v) is 20.4. The molecule has 1 saturated heterocycles. The van der Waals surface area contributed by atoms with Crippen molar-refractivity contribution in [2.45, 2.75) is 233 Å². The zero-order valence-corrected chi connectivity index (χ0v) is 37.0. The molecular weight excluding hydrogens is 701 g/mol. The Morgan fingerprint density at radius 1 is 0.821 bits per heavy atom. The van der Waals surface area contributed by atoms with Gasteiger partial charge in [-0.1, -0.05) is 137 Å². The van der Waals surface area contributed by atoms with Crippen LogP contribution in [0.4, 0.5) is 0 Å². The van der Waals surface area contributed by atoms with Crippen molar-refractivity contribution in [1.82, 2.24) is 0 Å². The van der Waals surface area contributed by atoms with E-state index in [9.17, 15) is 20.1 Å². The van der Waals surface area contributed by atoms with Gasteiger partial charge in [0.05, 0.1) is 6.10 Å². The molecule has 4 fully saturated rings. The highest BCUT2D eigenvalue weighted by Gasteiger charge is 2.59. The zero-order valence-electron chi connectivity index (χ0n) is 37.0. The van der Waals surface area contributed by atoms with Gasteiger partial charge in [-0.05, 0) is 116 Å². The van der Waals surface area contributed by atoms with Gasteiger partial charge in [0.25, 0.3) is 0 Å². The number of allylic oxidation sites excluding steroid dienone is 1. The van der Waals surface area contributed by atoms with E-state index in [1.165, 1.54) is 102 Å². The molecule has 5 aliphatic rings. The van der Waals surface area contributed by atoms with Crippen LogP contribution in [0.3, 0.4) is 0 Å². The van der Waals surface area contributed by atoms with Gasteiger partial charge in [-0.3, -0.25) is 4.79 Å². The molecule has 1 aliphatic heterocycles. The van der Waals surface area contributed by atoms with E-state index >= 15 is 0 Å². The molecule has 14 atom stereocenters. The summed E-state index contributed by atoms with van der Waals surface area (Å²) in [6.45, 7) is 17.0. The van der Waals surface area contributed by atoms with Gasteiger partial charge in [0.1, 0.15) is 31.0 Å². The fourth-order valence-electron chi connectivity index (χ4n) is 12.9. The standard InChI is InChI=1S/C49H86O7/c1-8-10-11-12-13-14-15-16-17-18-19-20-43(50)54-32-42-44(51)45(52)46(53)47(56-42)55-37-27-29-48(6)36(31-37)23-24-38-40-26-25-39(49(40,7)30-28-41(38)48)34(5)21-22-35(9-2)33(3)4/h23,33-35,37-42,44-47,51-53H,8-22,24-32H2,1-7H3/t34-,35-,37+,38?,39-,40?,41?,42?,44?,45?,46?,47?,48+,49-/m1/s1. The van der Waals surface area contributed by atoms with E-state index in [1.54, 1.807) is 0 Å². The number of hydrogen-bond acceptors (Lipinski definition) is 7. The Bertz CT molecular complexity index is 1220. The molecule has 3 N–H and O–H groups in total. The number of fused-ring (bicyclic) bond motifs is 5. The van der Waals surface area contributed by atoms with Crippen LogP contribution in [-0.4, -0.2) is 64.7 Å². The summed E-state index contributed by atoms with van der Waals surface area (Å²) in [4.78, 5) is 12.6. The minimum atomic E-state index is -1.44. The van der Waals surface area contributed by atoms with Gasteiger partial charge >= 0.3 is 5.97 Å². The normalized spacial score (nSPS) is 38.0. The minimum Gasteiger partial charge on any atom is -0.463 e. The van der Waals surface area contributed by atoms with Crippen molar-refractivity contribution in [1.29, 1.82) is 0 Å². The number of carbonyl (C=O) groups excluding carboxylic acids is 1. The topological polar surface area (TPSA) is 105 Å². The van der Waals surface area contributed by atoms with Crippen LogP contribution in [-0.2, 0) is 19.0 Å². The molecule has 324 valence electrons. The lowest BCUT2D eigenvalue weighted by Crippen LogP contribution is -2.60. The summed E-state index contributed by atoms with van der Waals surface area (Å²) in [7, 11) is 0. The first-order valence-corrected chi connectivity index (χ1v) is 24.0. The molecule has 8 unspecified atom stereocenters. The van der Waals surface area contributed by atoms with Crippen molar-refractivity contribution in [3.05, 3.63) is 11.6 Å². The third-order valence-electron chi connectivity index (χ3n) is 16.7. The van der Waals surface area contributed by atoms with E-state index in [-0.39, 0.29) is 24.1 Å². The fourth-order valence-corrected chi connectivity index (χ4v) is 12.9. The van der Waals surface area contributed by atoms with E-state index in [0.29, 0.717) is 17.8 Å². The van der Waals surface area contributed by atoms with Gasteiger partial charge in [0.15, 0.2) is 6.29 Å². The number of rotatable bonds is 22. The zero-order chi connectivity index (χ0) is 40.5. The average Bonchev–Trinajstić information content (AvgIpc) is 3.54. The second-order valence-electron chi connectivity index (χ2n) is 20.4. The molecule has 3 saturated carbocycles. The highest BCUT2D eigenvalue weighted by atomic mass is 16.7. The number of aliphatic hydroxyl groups is 3. The Morgan fingerprint density at radius 3 is 2.16 bits per heavy atom. The fraction of sp³-hybridized carbons (Fsp3) is 0.939. The maximum Gasteiger partial charge on any atom is 0.305 e. The highest BCUT2D eigenvalue weighted by Crippen LogP contribution is 2.67. The molecule has 0 amide bonds. The first-order valence-electron chi connectivity index (χ1n) is 24.0. The van der Waals surface area contributed by atoms with Crippen LogP contribution in [0.2, 0.25) is 0 Å². The summed E-state index contributed by atoms with van der Waals surface area (Å²) in [5, 5.41) is 32.4. The third-order valence-corrected chi connectivity index (χ3v) is 16.7. The lowest BCUT2D eigenvalue weighted by atomic mass is 9.47. The molecule has 0 aromatic heterocycles. The molecule has 4 aliphatic carbocycles. The summed E-state index contributed by atoms with van der Waals surface area (Å²) < 4.78 is 18.0. The van der Waals surface area contributed by atoms with Crippen molar-refractivity contribution in [2.75, 3.05) is 6.61 Å². The first kappa shape index (κ1) is 46.1. The monoisotopic (exact) mass is 787 g/mol. The maximum atomic E-state index is 12.6. The Balaban J connectivity index is 1.07. The molecule has 0 bridgehead atoms. The number of ether oxygens (including phenoxy) is 3. The number of unbranched alkanes of at least 4 members (excludes halogenated alkanes) is 10. The summed E-state index contributed by atoms with van der Waals surface area (Å²) in [6.07, 6.45) is 23.3. The Morgan fingerprint density at radius 2 is 1.50 bits per heavy atom. The molecule has 0 aromatic rings. The molecule has 0 spiro atoms. The minimum absolute atomic E-state index is 0.138. The Hall–Kier alpha value is -0.990. The van der Waals surface area contributed by atoms with Gasteiger partial charge in [-0.15, -0.1) is 0 Å². The van der Waals surface area contributed by atoms with Gasteiger partial charge in [-0.25, -0.2) is 0 Å². The summed E-state index contributed by atoms with van der Waals surface area (Å²) >= 11 is 0. The van der Waals surface area contributed by atoms with Crippen molar-refractivity contribution in [2.24, 2.45) is 52.3 Å².